The van der Waals surface area contributed by atoms with Crippen LogP contribution in [0.25, 0.3) is 10.9 Å². The van der Waals surface area contributed by atoms with Crippen LogP contribution in [0.4, 0.5) is 0 Å². The summed E-state index contributed by atoms with van der Waals surface area (Å²) in [6.07, 6.45) is 1.97. The highest BCUT2D eigenvalue weighted by Gasteiger charge is 2.06. The highest BCUT2D eigenvalue weighted by molar-refractivity contribution is 8.26. The van der Waals surface area contributed by atoms with Gasteiger partial charge in [0.25, 0.3) is 0 Å². The zero-order valence-corrected chi connectivity index (χ0v) is 12.0. The summed E-state index contributed by atoms with van der Waals surface area (Å²) in [4.78, 5) is 3.18. The van der Waals surface area contributed by atoms with Crippen LogP contribution in [0.15, 0.2) is 24.4 Å². The van der Waals surface area contributed by atoms with E-state index in [0.717, 1.165) is 16.5 Å². The van der Waals surface area contributed by atoms with Gasteiger partial charge in [-0.2, -0.15) is 0 Å². The van der Waals surface area contributed by atoms with Gasteiger partial charge in [-0.25, -0.2) is 0 Å². The molecule has 0 bridgehead atoms. The van der Waals surface area contributed by atoms with E-state index >= 15 is 0 Å². The number of hydrogen-bond acceptors (Lipinski definition) is 3. The van der Waals surface area contributed by atoms with E-state index in [1.165, 1.54) is 17.3 Å². The van der Waals surface area contributed by atoms with Crippen molar-refractivity contribution in [2.24, 2.45) is 0 Å². The van der Waals surface area contributed by atoms with Crippen molar-refractivity contribution in [3.05, 3.63) is 35.5 Å². The summed E-state index contributed by atoms with van der Waals surface area (Å²) in [5.41, 5.74) is 3.14. The summed E-state index contributed by atoms with van der Waals surface area (Å²) in [6, 6.07) is 5.89. The molecule has 0 unspecified atom stereocenters. The topological polar surface area (TPSA) is 63.5 Å². The molecule has 4 heteroatoms. The van der Waals surface area contributed by atoms with Crippen molar-refractivity contribution in [3.8, 4) is 0 Å². The number of thioether (sulfide) groups is 1. The van der Waals surface area contributed by atoms with E-state index in [-0.39, 0.29) is 0 Å². The number of aryl methyl sites for hydroxylation is 1. The molecule has 0 aliphatic carbocycles. The fourth-order valence-corrected chi connectivity index (χ4v) is 2.16. The Bertz CT molecular complexity index is 569. The number of H-pyrrole nitrogens is 1. The van der Waals surface area contributed by atoms with Gasteiger partial charge in [0.2, 0.25) is 0 Å². The van der Waals surface area contributed by atoms with Crippen molar-refractivity contribution in [2.75, 3.05) is 0 Å². The summed E-state index contributed by atoms with van der Waals surface area (Å²) in [5, 5.41) is 17.2. The van der Waals surface area contributed by atoms with E-state index in [2.05, 4.69) is 4.98 Å². The first-order valence-electron chi connectivity index (χ1n) is 5.97. The summed E-state index contributed by atoms with van der Waals surface area (Å²) in [6.45, 7) is 7.74. The minimum Gasteiger partial charge on any atom is -0.361 e. The van der Waals surface area contributed by atoms with Gasteiger partial charge in [0.05, 0.1) is 5.04 Å². The molecule has 1 aromatic carbocycles. The molecule has 0 amide bonds. The lowest BCUT2D eigenvalue weighted by Crippen LogP contribution is -1.96. The lowest BCUT2D eigenvalue weighted by atomic mass is 10.1. The maximum absolute atomic E-state index is 7.87. The molecule has 0 aliphatic rings. The molecule has 96 valence electrons. The second kappa shape index (κ2) is 6.40. The van der Waals surface area contributed by atoms with Crippen molar-refractivity contribution in [1.82, 2.24) is 4.98 Å². The minimum absolute atomic E-state index is 0.426. The molecule has 0 radical (unpaired) electrons. The third-order valence-corrected chi connectivity index (χ3v) is 3.15. The molecular weight excluding hydrogens is 242 g/mol. The number of hydrogen-bond donors (Lipinski definition) is 3. The average Bonchev–Trinajstić information content (AvgIpc) is 2.72. The summed E-state index contributed by atoms with van der Waals surface area (Å²) >= 11 is 1.18. The van der Waals surface area contributed by atoms with E-state index < -0.39 is 0 Å². The fraction of sp³-hybridized carbons (Fsp3) is 0.286. The molecule has 1 aromatic heterocycles. The van der Waals surface area contributed by atoms with E-state index in [9.17, 15) is 0 Å². The standard InChI is InChI=1S/C12H13N3S.C2H6/c1-7-6-15-11-4-3-9(5-10(7)11)12(14)16-8(2)13;1-2/h3-6,13-15H,1-2H3;1-2H3. The Hall–Kier alpha value is -1.55. The number of aromatic nitrogens is 1. The monoisotopic (exact) mass is 261 g/mol. The van der Waals surface area contributed by atoms with Gasteiger partial charge >= 0.3 is 0 Å². The van der Waals surface area contributed by atoms with Gasteiger partial charge in [0.15, 0.2) is 0 Å². The molecule has 2 rings (SSSR count). The first kappa shape index (κ1) is 14.5. The largest absolute Gasteiger partial charge is 0.361 e. The molecule has 3 nitrogen and oxygen atoms in total. The summed E-state index contributed by atoms with van der Waals surface area (Å²) in [7, 11) is 0. The second-order valence-electron chi connectivity index (χ2n) is 3.72. The lowest BCUT2D eigenvalue weighted by Gasteiger charge is -2.02. The number of fused-ring (bicyclic) bond motifs is 1. The van der Waals surface area contributed by atoms with Crippen LogP contribution in [0.2, 0.25) is 0 Å². The Morgan fingerprint density at radius 3 is 2.50 bits per heavy atom. The molecule has 0 atom stereocenters. The molecule has 0 aliphatic heterocycles. The Kier molecular flexibility index (Phi) is 5.16. The van der Waals surface area contributed by atoms with Crippen molar-refractivity contribution in [2.45, 2.75) is 27.7 Å². The van der Waals surface area contributed by atoms with Crippen LogP contribution in [-0.4, -0.2) is 15.1 Å². The third-order valence-electron chi connectivity index (χ3n) is 2.41. The van der Waals surface area contributed by atoms with Gasteiger partial charge in [-0.1, -0.05) is 31.7 Å². The van der Waals surface area contributed by atoms with E-state index in [4.69, 9.17) is 10.8 Å². The minimum atomic E-state index is 0.426. The van der Waals surface area contributed by atoms with E-state index in [1.807, 2.05) is 45.2 Å². The van der Waals surface area contributed by atoms with Crippen LogP contribution in [0.5, 0.6) is 0 Å². The number of nitrogens with one attached hydrogen (secondary N) is 3. The van der Waals surface area contributed by atoms with Gasteiger partial charge in [-0.05, 0) is 31.5 Å². The molecule has 0 spiro atoms. The predicted octanol–water partition coefficient (Wildman–Crippen LogP) is 4.56. The van der Waals surface area contributed by atoms with Crippen LogP contribution in [0.1, 0.15) is 31.9 Å². The van der Waals surface area contributed by atoms with E-state index in [1.54, 1.807) is 6.92 Å². The van der Waals surface area contributed by atoms with Crippen molar-refractivity contribution in [1.29, 1.82) is 10.8 Å². The molecule has 1 heterocycles. The van der Waals surface area contributed by atoms with E-state index in [0.29, 0.717) is 10.1 Å². The van der Waals surface area contributed by atoms with Crippen molar-refractivity contribution >= 4 is 32.8 Å². The van der Waals surface area contributed by atoms with Gasteiger partial charge < -0.3 is 4.98 Å². The molecule has 0 saturated heterocycles. The van der Waals surface area contributed by atoms with Gasteiger partial charge in [0, 0.05) is 22.7 Å². The molecular formula is C14H19N3S. The lowest BCUT2D eigenvalue weighted by molar-refractivity contribution is 1.43. The Morgan fingerprint density at radius 2 is 1.89 bits per heavy atom. The zero-order chi connectivity index (χ0) is 13.7. The van der Waals surface area contributed by atoms with Gasteiger partial charge in [-0.3, -0.25) is 10.8 Å². The maximum atomic E-state index is 7.87. The van der Waals surface area contributed by atoms with Crippen LogP contribution < -0.4 is 0 Å². The smallest absolute Gasteiger partial charge is 0.100 e. The number of rotatable bonds is 1. The second-order valence-corrected chi connectivity index (χ2v) is 4.94. The first-order valence-corrected chi connectivity index (χ1v) is 6.79. The summed E-state index contributed by atoms with van der Waals surface area (Å²) in [5.74, 6) is 0. The average molecular weight is 261 g/mol. The SMILES string of the molecule is CC.CC(=N)SC(=N)c1ccc2[nH]cc(C)c2c1. The van der Waals surface area contributed by atoms with Crippen LogP contribution in [-0.2, 0) is 0 Å². The molecule has 0 fully saturated rings. The van der Waals surface area contributed by atoms with Crippen LogP contribution in [0.3, 0.4) is 0 Å². The predicted molar refractivity (Wildman–Crippen MR) is 82.2 cm³/mol. The number of aromatic amines is 1. The van der Waals surface area contributed by atoms with Gasteiger partial charge in [0.1, 0.15) is 5.04 Å². The fourth-order valence-electron chi connectivity index (χ4n) is 1.61. The third kappa shape index (κ3) is 3.23. The Morgan fingerprint density at radius 1 is 1.22 bits per heavy atom. The zero-order valence-electron chi connectivity index (χ0n) is 11.2. The highest BCUT2D eigenvalue weighted by Crippen LogP contribution is 2.21. The van der Waals surface area contributed by atoms with Crippen LogP contribution >= 0.6 is 11.8 Å². The summed E-state index contributed by atoms with van der Waals surface area (Å²) < 4.78 is 0. The maximum Gasteiger partial charge on any atom is 0.100 e. The first-order chi connectivity index (χ1) is 8.58. The van der Waals surface area contributed by atoms with Crippen molar-refractivity contribution in [3.63, 3.8) is 0 Å². The van der Waals surface area contributed by atoms with Crippen molar-refractivity contribution < 1.29 is 0 Å². The quantitative estimate of drug-likeness (QED) is 0.511. The van der Waals surface area contributed by atoms with Gasteiger partial charge in [-0.15, -0.1) is 0 Å². The Labute approximate surface area is 112 Å². The normalized spacial score (nSPS) is 9.78. The molecule has 0 saturated carbocycles. The highest BCUT2D eigenvalue weighted by atomic mass is 32.2. The molecule has 2 aromatic rings. The van der Waals surface area contributed by atoms with Crippen LogP contribution in [0, 0.1) is 17.7 Å². The Balaban J connectivity index is 0.000000771. The number of benzene rings is 1. The molecule has 18 heavy (non-hydrogen) atoms. The molecule has 3 N–H and O–H groups in total.